The smallest absolute Gasteiger partial charge is 0.328 e. The minimum atomic E-state index is -1.26. The van der Waals surface area contributed by atoms with Gasteiger partial charge in [-0.2, -0.15) is 0 Å². The largest absolute Gasteiger partial charge is 0.478 e. The zero-order valence-electron chi connectivity index (χ0n) is 15.1. The average molecular weight is 336 g/mol. The maximum Gasteiger partial charge on any atom is 0.328 e. The van der Waals surface area contributed by atoms with Crippen LogP contribution in [0.4, 0.5) is 0 Å². The average Bonchev–Trinajstić information content (AvgIpc) is 2.51. The predicted molar refractivity (Wildman–Crippen MR) is 96.1 cm³/mol. The molecule has 4 nitrogen and oxygen atoms in total. The van der Waals surface area contributed by atoms with Crippen LogP contribution in [0.3, 0.4) is 0 Å². The fourth-order valence-electron chi connectivity index (χ4n) is 2.23. The van der Waals surface area contributed by atoms with Crippen molar-refractivity contribution in [1.82, 2.24) is 0 Å². The van der Waals surface area contributed by atoms with Gasteiger partial charge >= 0.3 is 114 Å². The summed E-state index contributed by atoms with van der Waals surface area (Å²) in [5.74, 6) is -2.51. The summed E-state index contributed by atoms with van der Waals surface area (Å²) in [5.41, 5.74) is 0. The van der Waals surface area contributed by atoms with Crippen molar-refractivity contribution in [3.8, 4) is 0 Å². The molecule has 0 aromatic heterocycles. The van der Waals surface area contributed by atoms with Crippen molar-refractivity contribution in [3.63, 3.8) is 0 Å². The predicted octanol–water partition coefficient (Wildman–Crippen LogP) is 4.99. The first-order valence-electron chi connectivity index (χ1n) is 9.18. The van der Waals surface area contributed by atoms with E-state index >= 15 is 0 Å². The van der Waals surface area contributed by atoms with Crippen LogP contribution in [0.15, 0.2) is 12.2 Å². The second-order valence-corrected chi connectivity index (χ2v) is 6.90. The number of carboxylic acids is 2. The Morgan fingerprint density at radius 2 is 1.00 bits per heavy atom. The van der Waals surface area contributed by atoms with E-state index in [-0.39, 0.29) is 0 Å². The molecule has 0 aromatic carbocycles. The number of carboxylic acid groups (broad SMARTS) is 2. The van der Waals surface area contributed by atoms with Gasteiger partial charge in [0.05, 0.1) is 0 Å². The van der Waals surface area contributed by atoms with Gasteiger partial charge in [0, 0.05) is 12.2 Å². The molecule has 23 heavy (non-hydrogen) atoms. The normalized spacial score (nSPS) is 10.4. The second kappa shape index (κ2) is 21.7. The Kier molecular flexibility index (Phi) is 23.5. The van der Waals surface area contributed by atoms with Crippen LogP contribution in [-0.2, 0) is 9.59 Å². The third-order valence-corrected chi connectivity index (χ3v) is 4.28. The van der Waals surface area contributed by atoms with Gasteiger partial charge in [0.2, 0.25) is 0 Å². The summed E-state index contributed by atoms with van der Waals surface area (Å²) in [5, 5.41) is 15.6. The fourth-order valence-corrected chi connectivity index (χ4v) is 2.73. The molecule has 0 spiro atoms. The summed E-state index contributed by atoms with van der Waals surface area (Å²) in [7, 11) is 0. The zero-order chi connectivity index (χ0) is 17.8. The SMILES string of the molecule is CCCCCCCCCCCCC[CH2][Na].O=C(O)/C=C\C(=O)O. The number of rotatable bonds is 14. The standard InChI is InChI=1S/C14H29.C4H4O4.Na/c1-3-5-7-9-11-13-14-12-10-8-6-4-2;5-3(6)1-2-4(7)8;/h1,3-14H2,2H3;1-2H,(H,5,6)(H,7,8);/b;2-1-;. The Balaban J connectivity index is 0. The molecule has 0 aromatic rings. The Morgan fingerprint density at radius 3 is 1.26 bits per heavy atom. The van der Waals surface area contributed by atoms with E-state index in [1.54, 1.807) is 0 Å². The molecule has 5 heteroatoms. The summed E-state index contributed by atoms with van der Waals surface area (Å²) in [6.45, 7) is 2.29. The molecule has 0 heterocycles. The first-order valence-corrected chi connectivity index (χ1v) is 10.6. The molecule has 0 atom stereocenters. The molecule has 0 saturated heterocycles. The molecule has 2 N–H and O–H groups in total. The molecule has 0 aliphatic rings. The minimum Gasteiger partial charge on any atom is -0.478 e. The summed E-state index contributed by atoms with van der Waals surface area (Å²) < 4.78 is 1.51. The van der Waals surface area contributed by atoms with Crippen molar-refractivity contribution >= 4 is 39.9 Å². The molecule has 0 aliphatic carbocycles. The molecule has 0 radical (unpaired) electrons. The van der Waals surface area contributed by atoms with Crippen LogP contribution >= 0.6 is 0 Å². The zero-order valence-corrected chi connectivity index (χ0v) is 17.1. The number of unbranched alkanes of at least 4 members (excludes halogenated alkanes) is 11. The number of hydrogen-bond acceptors (Lipinski definition) is 2. The van der Waals surface area contributed by atoms with Crippen molar-refractivity contribution in [1.29, 1.82) is 0 Å². The third-order valence-electron chi connectivity index (χ3n) is 3.58. The van der Waals surface area contributed by atoms with Crippen LogP contribution in [0.25, 0.3) is 0 Å². The van der Waals surface area contributed by atoms with Gasteiger partial charge in [0.1, 0.15) is 0 Å². The van der Waals surface area contributed by atoms with Crippen molar-refractivity contribution in [2.24, 2.45) is 0 Å². The maximum absolute atomic E-state index is 9.55. The van der Waals surface area contributed by atoms with E-state index in [2.05, 4.69) is 6.92 Å². The molecule has 0 rings (SSSR count). The van der Waals surface area contributed by atoms with E-state index in [9.17, 15) is 9.59 Å². The third kappa shape index (κ3) is 30.2. The molecule has 0 fully saturated rings. The number of hydrogen-bond donors (Lipinski definition) is 2. The molecular formula is C18H33NaO4. The molecule has 0 aliphatic heterocycles. The fraction of sp³-hybridized carbons (Fsp3) is 0.778. The summed E-state index contributed by atoms with van der Waals surface area (Å²) in [4.78, 5) is 19.1. The van der Waals surface area contributed by atoms with Gasteiger partial charge < -0.3 is 10.2 Å². The molecule has 0 bridgehead atoms. The van der Waals surface area contributed by atoms with Crippen LogP contribution < -0.4 is 0 Å². The van der Waals surface area contributed by atoms with E-state index in [1.807, 2.05) is 0 Å². The van der Waals surface area contributed by atoms with Gasteiger partial charge in [-0.15, -0.1) is 0 Å². The van der Waals surface area contributed by atoms with Crippen LogP contribution in [0, 0.1) is 0 Å². The molecule has 0 amide bonds. The first-order chi connectivity index (χ1) is 11.0. The van der Waals surface area contributed by atoms with E-state index in [1.165, 1.54) is 109 Å². The molecular weight excluding hydrogens is 303 g/mol. The first kappa shape index (κ1) is 24.9. The quantitative estimate of drug-likeness (QED) is 0.266. The molecule has 0 saturated carbocycles. The number of carbonyl (C=O) groups is 2. The molecule has 0 unspecified atom stereocenters. The Morgan fingerprint density at radius 1 is 0.696 bits per heavy atom. The summed E-state index contributed by atoms with van der Waals surface area (Å²) in [6, 6.07) is 0. The topological polar surface area (TPSA) is 74.6 Å². The van der Waals surface area contributed by atoms with Crippen molar-refractivity contribution in [3.05, 3.63) is 12.2 Å². The van der Waals surface area contributed by atoms with E-state index in [0.717, 1.165) is 0 Å². The maximum atomic E-state index is 9.55. The summed E-state index contributed by atoms with van der Waals surface area (Å²) >= 11 is 1.41. The summed E-state index contributed by atoms with van der Waals surface area (Å²) in [6.07, 6.45) is 18.8. The van der Waals surface area contributed by atoms with Gasteiger partial charge in [-0.25, -0.2) is 9.59 Å². The van der Waals surface area contributed by atoms with Crippen molar-refractivity contribution < 1.29 is 19.8 Å². The van der Waals surface area contributed by atoms with Gasteiger partial charge in [0.25, 0.3) is 0 Å². The van der Waals surface area contributed by atoms with E-state index in [0.29, 0.717) is 12.2 Å². The van der Waals surface area contributed by atoms with Crippen LogP contribution in [0.2, 0.25) is 3.67 Å². The minimum absolute atomic E-state index is 0.558. The van der Waals surface area contributed by atoms with Crippen molar-refractivity contribution in [2.75, 3.05) is 0 Å². The second-order valence-electron chi connectivity index (χ2n) is 5.90. The van der Waals surface area contributed by atoms with Crippen LogP contribution in [-0.4, -0.2) is 50.1 Å². The Bertz CT molecular complexity index is 275. The van der Waals surface area contributed by atoms with Gasteiger partial charge in [-0.05, 0) is 0 Å². The van der Waals surface area contributed by atoms with Gasteiger partial charge in [-0.3, -0.25) is 0 Å². The Hall–Kier alpha value is -0.320. The van der Waals surface area contributed by atoms with E-state index in [4.69, 9.17) is 10.2 Å². The van der Waals surface area contributed by atoms with Gasteiger partial charge in [0.15, 0.2) is 0 Å². The van der Waals surface area contributed by atoms with Crippen molar-refractivity contribution in [2.45, 2.75) is 87.6 Å². The van der Waals surface area contributed by atoms with Crippen LogP contribution in [0.5, 0.6) is 0 Å². The Labute approximate surface area is 159 Å². The van der Waals surface area contributed by atoms with E-state index < -0.39 is 11.9 Å². The number of aliphatic carboxylic acids is 2. The van der Waals surface area contributed by atoms with Gasteiger partial charge in [-0.1, -0.05) is 13.3 Å². The molecule has 130 valence electrons. The van der Waals surface area contributed by atoms with Crippen LogP contribution in [0.1, 0.15) is 84.0 Å². The monoisotopic (exact) mass is 336 g/mol.